The lowest BCUT2D eigenvalue weighted by Crippen LogP contribution is -2.23. The van der Waals surface area contributed by atoms with Gasteiger partial charge >= 0.3 is 0 Å². The van der Waals surface area contributed by atoms with Crippen molar-refractivity contribution >= 4 is 0 Å². The molecule has 1 N–H and O–H groups in total. The largest absolute Gasteiger partial charge is 0.315 e. The predicted molar refractivity (Wildman–Crippen MR) is 74.8 cm³/mol. The highest BCUT2D eigenvalue weighted by atomic mass is 14.9. The molecule has 0 saturated heterocycles. The third-order valence-corrected chi connectivity index (χ3v) is 3.41. The van der Waals surface area contributed by atoms with E-state index in [0.717, 1.165) is 11.8 Å². The Balaban J connectivity index is 3.40. The van der Waals surface area contributed by atoms with Gasteiger partial charge in [0.1, 0.15) is 0 Å². The van der Waals surface area contributed by atoms with E-state index in [0.29, 0.717) is 6.04 Å². The van der Waals surface area contributed by atoms with E-state index in [-0.39, 0.29) is 0 Å². The van der Waals surface area contributed by atoms with Gasteiger partial charge in [0, 0.05) is 6.04 Å². The van der Waals surface area contributed by atoms with E-state index in [1.54, 1.807) is 0 Å². The highest BCUT2D eigenvalue weighted by Crippen LogP contribution is 2.23. The van der Waals surface area contributed by atoms with Crippen LogP contribution in [-0.4, -0.2) is 12.6 Å². The lowest BCUT2D eigenvalue weighted by atomic mass is 9.87. The molecule has 0 heterocycles. The standard InChI is InChI=1S/C15H33N/c1-6-10-15(13(2)3)11-8-7-9-12-16-14(4)5/h13-16H,6-12H2,1-5H3. The van der Waals surface area contributed by atoms with Crippen LogP contribution in [0.2, 0.25) is 0 Å². The zero-order valence-electron chi connectivity index (χ0n) is 12.2. The minimum Gasteiger partial charge on any atom is -0.315 e. The van der Waals surface area contributed by atoms with Crippen molar-refractivity contribution in [3.05, 3.63) is 0 Å². The van der Waals surface area contributed by atoms with Crippen molar-refractivity contribution in [2.75, 3.05) is 6.54 Å². The summed E-state index contributed by atoms with van der Waals surface area (Å²) >= 11 is 0. The minimum absolute atomic E-state index is 0.642. The molecule has 1 unspecified atom stereocenters. The molecule has 0 aliphatic carbocycles. The van der Waals surface area contributed by atoms with Gasteiger partial charge in [0.05, 0.1) is 0 Å². The average Bonchev–Trinajstić information content (AvgIpc) is 2.20. The number of hydrogen-bond acceptors (Lipinski definition) is 1. The molecule has 0 aliphatic heterocycles. The summed E-state index contributed by atoms with van der Waals surface area (Å²) in [6, 6.07) is 0.642. The normalized spacial score (nSPS) is 13.7. The third-order valence-electron chi connectivity index (χ3n) is 3.41. The van der Waals surface area contributed by atoms with Gasteiger partial charge in [0.2, 0.25) is 0 Å². The van der Waals surface area contributed by atoms with Gasteiger partial charge in [-0.2, -0.15) is 0 Å². The second kappa shape index (κ2) is 10.1. The van der Waals surface area contributed by atoms with Crippen LogP contribution in [0, 0.1) is 11.8 Å². The molecule has 0 aliphatic rings. The summed E-state index contributed by atoms with van der Waals surface area (Å²) in [4.78, 5) is 0. The Bertz CT molecular complexity index is 140. The molecule has 0 fully saturated rings. The molecular weight excluding hydrogens is 194 g/mol. The number of unbranched alkanes of at least 4 members (excludes halogenated alkanes) is 2. The maximum Gasteiger partial charge on any atom is 0.00103 e. The lowest BCUT2D eigenvalue weighted by molar-refractivity contribution is 0.321. The quantitative estimate of drug-likeness (QED) is 0.537. The zero-order valence-corrected chi connectivity index (χ0v) is 12.2. The lowest BCUT2D eigenvalue weighted by Gasteiger charge is -2.20. The molecule has 0 aromatic heterocycles. The van der Waals surface area contributed by atoms with Gasteiger partial charge in [-0.15, -0.1) is 0 Å². The molecule has 0 amide bonds. The van der Waals surface area contributed by atoms with Crippen LogP contribution in [0.1, 0.15) is 73.1 Å². The average molecular weight is 227 g/mol. The highest BCUT2D eigenvalue weighted by molar-refractivity contribution is 4.63. The van der Waals surface area contributed by atoms with Crippen LogP contribution >= 0.6 is 0 Å². The Morgan fingerprint density at radius 1 is 0.875 bits per heavy atom. The van der Waals surface area contributed by atoms with E-state index in [4.69, 9.17) is 0 Å². The molecule has 1 atom stereocenters. The van der Waals surface area contributed by atoms with Crippen LogP contribution < -0.4 is 5.32 Å². The molecule has 0 aromatic rings. The summed E-state index contributed by atoms with van der Waals surface area (Å²) in [5.41, 5.74) is 0. The fourth-order valence-electron chi connectivity index (χ4n) is 2.28. The van der Waals surface area contributed by atoms with E-state index >= 15 is 0 Å². The van der Waals surface area contributed by atoms with Crippen LogP contribution in [0.25, 0.3) is 0 Å². The molecular formula is C15H33N. The van der Waals surface area contributed by atoms with Gasteiger partial charge in [0.25, 0.3) is 0 Å². The Morgan fingerprint density at radius 2 is 1.56 bits per heavy atom. The van der Waals surface area contributed by atoms with E-state index in [1.165, 1.54) is 45.1 Å². The summed E-state index contributed by atoms with van der Waals surface area (Å²) in [5.74, 6) is 1.83. The number of hydrogen-bond donors (Lipinski definition) is 1. The van der Waals surface area contributed by atoms with Crippen molar-refractivity contribution in [3.8, 4) is 0 Å². The van der Waals surface area contributed by atoms with Crippen molar-refractivity contribution in [1.82, 2.24) is 5.32 Å². The Hall–Kier alpha value is -0.0400. The second-order valence-electron chi connectivity index (χ2n) is 5.75. The molecule has 0 spiro atoms. The monoisotopic (exact) mass is 227 g/mol. The Labute approximate surface area is 103 Å². The Kier molecular flexibility index (Phi) is 10.1. The van der Waals surface area contributed by atoms with Gasteiger partial charge in [-0.3, -0.25) is 0 Å². The fourth-order valence-corrected chi connectivity index (χ4v) is 2.28. The predicted octanol–water partition coefficient (Wildman–Crippen LogP) is 4.62. The van der Waals surface area contributed by atoms with Crippen molar-refractivity contribution in [1.29, 1.82) is 0 Å². The molecule has 1 nitrogen and oxygen atoms in total. The summed E-state index contributed by atoms with van der Waals surface area (Å²) < 4.78 is 0. The smallest absolute Gasteiger partial charge is 0.00103 e. The van der Waals surface area contributed by atoms with Crippen LogP contribution in [0.3, 0.4) is 0 Å². The summed E-state index contributed by atoms with van der Waals surface area (Å²) in [6.07, 6.45) is 8.36. The molecule has 1 heteroatoms. The fraction of sp³-hybridized carbons (Fsp3) is 1.00. The molecule has 0 aromatic carbocycles. The van der Waals surface area contributed by atoms with Crippen molar-refractivity contribution in [2.24, 2.45) is 11.8 Å². The van der Waals surface area contributed by atoms with E-state index < -0.39 is 0 Å². The summed E-state index contributed by atoms with van der Waals surface area (Å²) in [6.45, 7) is 12.7. The van der Waals surface area contributed by atoms with Crippen LogP contribution in [0.4, 0.5) is 0 Å². The van der Waals surface area contributed by atoms with Gasteiger partial charge in [-0.1, -0.05) is 66.7 Å². The number of rotatable bonds is 10. The molecule has 16 heavy (non-hydrogen) atoms. The minimum atomic E-state index is 0.642. The first kappa shape index (κ1) is 16.0. The molecule has 0 radical (unpaired) electrons. The molecule has 0 saturated carbocycles. The van der Waals surface area contributed by atoms with Crippen LogP contribution in [0.15, 0.2) is 0 Å². The molecule has 0 rings (SSSR count). The topological polar surface area (TPSA) is 12.0 Å². The van der Waals surface area contributed by atoms with E-state index in [9.17, 15) is 0 Å². The van der Waals surface area contributed by atoms with Gasteiger partial charge in [-0.25, -0.2) is 0 Å². The number of nitrogens with one attached hydrogen (secondary N) is 1. The molecule has 0 bridgehead atoms. The van der Waals surface area contributed by atoms with Gasteiger partial charge in [-0.05, 0) is 24.8 Å². The van der Waals surface area contributed by atoms with Gasteiger partial charge < -0.3 is 5.32 Å². The summed E-state index contributed by atoms with van der Waals surface area (Å²) in [5, 5.41) is 3.48. The SMILES string of the molecule is CCCC(CCCCCNC(C)C)C(C)C. The van der Waals surface area contributed by atoms with Crippen molar-refractivity contribution < 1.29 is 0 Å². The highest BCUT2D eigenvalue weighted by Gasteiger charge is 2.11. The van der Waals surface area contributed by atoms with Gasteiger partial charge in [0.15, 0.2) is 0 Å². The Morgan fingerprint density at radius 3 is 2.06 bits per heavy atom. The first-order valence-electron chi connectivity index (χ1n) is 7.31. The first-order chi connectivity index (χ1) is 7.57. The second-order valence-corrected chi connectivity index (χ2v) is 5.75. The van der Waals surface area contributed by atoms with E-state index in [1.807, 2.05) is 0 Å². The third kappa shape index (κ3) is 9.21. The zero-order chi connectivity index (χ0) is 12.4. The van der Waals surface area contributed by atoms with Crippen molar-refractivity contribution in [3.63, 3.8) is 0 Å². The van der Waals surface area contributed by atoms with Crippen molar-refractivity contribution in [2.45, 2.75) is 79.2 Å². The van der Waals surface area contributed by atoms with Crippen LogP contribution in [0.5, 0.6) is 0 Å². The first-order valence-corrected chi connectivity index (χ1v) is 7.31. The molecule has 98 valence electrons. The van der Waals surface area contributed by atoms with E-state index in [2.05, 4.69) is 39.9 Å². The summed E-state index contributed by atoms with van der Waals surface area (Å²) in [7, 11) is 0. The maximum absolute atomic E-state index is 3.48. The van der Waals surface area contributed by atoms with Crippen LogP contribution in [-0.2, 0) is 0 Å². The maximum atomic E-state index is 3.48.